The first-order valence-electron chi connectivity index (χ1n) is 5.57. The fourth-order valence-corrected chi connectivity index (χ4v) is 1.84. The maximum absolute atomic E-state index is 11.7. The van der Waals surface area contributed by atoms with Gasteiger partial charge in [0.25, 0.3) is 0 Å². The fraction of sp³-hybridized carbons (Fsp3) is 0.308. The van der Waals surface area contributed by atoms with Crippen LogP contribution in [0.2, 0.25) is 0 Å². The Kier molecular flexibility index (Phi) is 5.11. The van der Waals surface area contributed by atoms with Crippen LogP contribution in [0.1, 0.15) is 19.4 Å². The maximum atomic E-state index is 11.7. The molecule has 0 heterocycles. The lowest BCUT2D eigenvalue weighted by Gasteiger charge is -2.08. The van der Waals surface area contributed by atoms with Crippen molar-refractivity contribution in [2.24, 2.45) is 0 Å². The molecule has 0 N–H and O–H groups in total. The zero-order valence-corrected chi connectivity index (χ0v) is 11.9. The van der Waals surface area contributed by atoms with Crippen LogP contribution in [0, 0.1) is 0 Å². The number of rotatable bonds is 5. The molecule has 0 saturated carbocycles. The Morgan fingerprint density at radius 3 is 2.26 bits per heavy atom. The zero-order valence-electron chi connectivity index (χ0n) is 11.0. The van der Waals surface area contributed by atoms with Gasteiger partial charge in [0.15, 0.2) is 0 Å². The minimum Gasteiger partial charge on any atom is -0.457 e. The first-order valence-corrected chi connectivity index (χ1v) is 7.39. The molecular formula is C13H16O5S. The van der Waals surface area contributed by atoms with Crippen LogP contribution >= 0.6 is 0 Å². The molecule has 0 aliphatic rings. The maximum Gasteiger partial charge on any atom is 0.337 e. The Morgan fingerprint density at radius 1 is 1.16 bits per heavy atom. The summed E-state index contributed by atoms with van der Waals surface area (Å²) >= 11 is 0. The molecule has 1 aromatic carbocycles. The lowest BCUT2D eigenvalue weighted by atomic mass is 10.2. The van der Waals surface area contributed by atoms with E-state index in [9.17, 15) is 13.2 Å². The first kappa shape index (κ1) is 15.2. The highest BCUT2D eigenvalue weighted by Gasteiger charge is 2.14. The van der Waals surface area contributed by atoms with Gasteiger partial charge in [0.1, 0.15) is 12.4 Å². The summed E-state index contributed by atoms with van der Waals surface area (Å²) in [4.78, 5) is 11.7. The van der Waals surface area contributed by atoms with E-state index in [1.54, 1.807) is 0 Å². The van der Waals surface area contributed by atoms with E-state index < -0.39 is 16.1 Å². The molecule has 0 fully saturated rings. The number of hydrogen-bond donors (Lipinski definition) is 0. The van der Waals surface area contributed by atoms with E-state index in [-0.39, 0.29) is 17.9 Å². The second kappa shape index (κ2) is 6.38. The van der Waals surface area contributed by atoms with Crippen molar-refractivity contribution in [1.29, 1.82) is 0 Å². The Balaban J connectivity index is 2.65. The van der Waals surface area contributed by atoms with Crippen molar-refractivity contribution < 1.29 is 22.1 Å². The standard InChI is InChI=1S/C13H16O5S/c1-10(11(2)18-19(3,15)16)13(14)17-9-12-7-5-4-6-8-12/h4-8H,9H2,1-3H3/b11-10+. The van der Waals surface area contributed by atoms with Crippen molar-refractivity contribution in [1.82, 2.24) is 0 Å². The molecule has 0 unspecified atom stereocenters. The molecule has 0 amide bonds. The number of esters is 1. The third-order valence-corrected chi connectivity index (χ3v) is 2.88. The van der Waals surface area contributed by atoms with E-state index >= 15 is 0 Å². The highest BCUT2D eigenvalue weighted by atomic mass is 32.2. The van der Waals surface area contributed by atoms with Gasteiger partial charge in [-0.25, -0.2) is 4.79 Å². The minimum absolute atomic E-state index is 0.0144. The summed E-state index contributed by atoms with van der Waals surface area (Å²) in [5, 5.41) is 0. The molecular weight excluding hydrogens is 268 g/mol. The number of carbonyl (C=O) groups is 1. The average molecular weight is 284 g/mol. The van der Waals surface area contributed by atoms with Crippen molar-refractivity contribution >= 4 is 16.1 Å². The van der Waals surface area contributed by atoms with Crippen LogP contribution in [0.3, 0.4) is 0 Å². The number of ether oxygens (including phenoxy) is 1. The van der Waals surface area contributed by atoms with Crippen LogP contribution in [-0.4, -0.2) is 20.6 Å². The largest absolute Gasteiger partial charge is 0.457 e. The van der Waals surface area contributed by atoms with E-state index in [4.69, 9.17) is 4.74 Å². The van der Waals surface area contributed by atoms with Crippen molar-refractivity contribution in [2.75, 3.05) is 6.26 Å². The van der Waals surface area contributed by atoms with Crippen molar-refractivity contribution in [3.05, 3.63) is 47.2 Å². The Morgan fingerprint density at radius 2 is 1.74 bits per heavy atom. The predicted octanol–water partition coefficient (Wildman–Crippen LogP) is 2.00. The zero-order chi connectivity index (χ0) is 14.5. The number of allylic oxidation sites excluding steroid dienone is 1. The van der Waals surface area contributed by atoms with E-state index in [2.05, 4.69) is 4.18 Å². The van der Waals surface area contributed by atoms with Crippen LogP contribution in [-0.2, 0) is 30.4 Å². The molecule has 6 heteroatoms. The lowest BCUT2D eigenvalue weighted by Crippen LogP contribution is -2.10. The van der Waals surface area contributed by atoms with E-state index in [1.807, 2.05) is 30.3 Å². The molecule has 0 aromatic heterocycles. The summed E-state index contributed by atoms with van der Waals surface area (Å²) in [6.07, 6.45) is 0.916. The summed E-state index contributed by atoms with van der Waals surface area (Å²) in [7, 11) is -3.63. The van der Waals surface area contributed by atoms with Gasteiger partial charge in [0.05, 0.1) is 11.8 Å². The molecule has 5 nitrogen and oxygen atoms in total. The van der Waals surface area contributed by atoms with Crippen LogP contribution in [0.25, 0.3) is 0 Å². The third-order valence-electron chi connectivity index (χ3n) is 2.32. The monoisotopic (exact) mass is 284 g/mol. The summed E-state index contributed by atoms with van der Waals surface area (Å²) < 4.78 is 31.6. The molecule has 0 saturated heterocycles. The molecule has 104 valence electrons. The fourth-order valence-electron chi connectivity index (χ4n) is 1.26. The van der Waals surface area contributed by atoms with Crippen LogP contribution < -0.4 is 0 Å². The van der Waals surface area contributed by atoms with Crippen LogP contribution in [0.5, 0.6) is 0 Å². The van der Waals surface area contributed by atoms with Gasteiger partial charge in [-0.3, -0.25) is 0 Å². The lowest BCUT2D eigenvalue weighted by molar-refractivity contribution is -0.140. The van der Waals surface area contributed by atoms with Gasteiger partial charge >= 0.3 is 16.1 Å². The van der Waals surface area contributed by atoms with Crippen LogP contribution in [0.15, 0.2) is 41.7 Å². The van der Waals surface area contributed by atoms with E-state index in [0.717, 1.165) is 11.8 Å². The second-order valence-corrected chi connectivity index (χ2v) is 5.61. The van der Waals surface area contributed by atoms with Crippen LogP contribution in [0.4, 0.5) is 0 Å². The smallest absolute Gasteiger partial charge is 0.337 e. The predicted molar refractivity (Wildman–Crippen MR) is 70.5 cm³/mol. The highest BCUT2D eigenvalue weighted by Crippen LogP contribution is 2.11. The summed E-state index contributed by atoms with van der Waals surface area (Å²) in [5.74, 6) is -0.592. The van der Waals surface area contributed by atoms with Crippen molar-refractivity contribution in [2.45, 2.75) is 20.5 Å². The highest BCUT2D eigenvalue weighted by molar-refractivity contribution is 7.86. The molecule has 0 aliphatic heterocycles. The van der Waals surface area contributed by atoms with Gasteiger partial charge in [0.2, 0.25) is 0 Å². The number of carbonyl (C=O) groups excluding carboxylic acids is 1. The summed E-state index contributed by atoms with van der Waals surface area (Å²) in [5.41, 5.74) is 0.978. The van der Waals surface area contributed by atoms with E-state index in [0.29, 0.717) is 0 Å². The van der Waals surface area contributed by atoms with Gasteiger partial charge < -0.3 is 8.92 Å². The Labute approximate surface area is 113 Å². The molecule has 1 aromatic rings. The molecule has 0 bridgehead atoms. The summed E-state index contributed by atoms with van der Waals surface area (Å²) in [6.45, 7) is 2.98. The first-order chi connectivity index (χ1) is 8.79. The molecule has 19 heavy (non-hydrogen) atoms. The van der Waals surface area contributed by atoms with Gasteiger partial charge in [-0.15, -0.1) is 0 Å². The molecule has 1 rings (SSSR count). The molecule has 0 radical (unpaired) electrons. The Hall–Kier alpha value is -1.82. The molecule has 0 aliphatic carbocycles. The minimum atomic E-state index is -3.63. The Bertz CT molecular complexity index is 572. The van der Waals surface area contributed by atoms with Gasteiger partial charge in [0, 0.05) is 0 Å². The molecule has 0 atom stereocenters. The quantitative estimate of drug-likeness (QED) is 0.358. The SMILES string of the molecule is C/C(OS(C)(=O)=O)=C(/C)C(=O)OCc1ccccc1. The third kappa shape index (κ3) is 5.56. The average Bonchev–Trinajstić information content (AvgIpc) is 2.34. The normalized spacial score (nSPS) is 12.6. The van der Waals surface area contributed by atoms with Crippen molar-refractivity contribution in [3.63, 3.8) is 0 Å². The number of benzene rings is 1. The van der Waals surface area contributed by atoms with E-state index in [1.165, 1.54) is 13.8 Å². The topological polar surface area (TPSA) is 69.7 Å². The second-order valence-electron chi connectivity index (χ2n) is 4.03. The van der Waals surface area contributed by atoms with Gasteiger partial charge in [-0.1, -0.05) is 30.3 Å². The summed E-state index contributed by atoms with van der Waals surface area (Å²) in [6, 6.07) is 9.19. The van der Waals surface area contributed by atoms with Gasteiger partial charge in [-0.2, -0.15) is 8.42 Å². The number of hydrogen-bond acceptors (Lipinski definition) is 5. The molecule has 0 spiro atoms. The van der Waals surface area contributed by atoms with Crippen molar-refractivity contribution in [3.8, 4) is 0 Å². The van der Waals surface area contributed by atoms with Gasteiger partial charge in [-0.05, 0) is 19.4 Å².